The number of carbonyl (C=O) groups is 1. The van der Waals surface area contributed by atoms with Crippen molar-refractivity contribution < 1.29 is 14.3 Å². The van der Waals surface area contributed by atoms with Crippen LogP contribution >= 0.6 is 0 Å². The van der Waals surface area contributed by atoms with Crippen LogP contribution in [0, 0.1) is 0 Å². The van der Waals surface area contributed by atoms with E-state index in [1.165, 1.54) is 0 Å². The summed E-state index contributed by atoms with van der Waals surface area (Å²) >= 11 is 0. The zero-order valence-corrected chi connectivity index (χ0v) is 15.6. The number of ether oxygens (including phenoxy) is 2. The number of rotatable bonds is 5. The molecule has 3 rings (SSSR count). The van der Waals surface area contributed by atoms with Gasteiger partial charge in [0.25, 0.3) is 5.91 Å². The van der Waals surface area contributed by atoms with E-state index in [0.717, 1.165) is 29.7 Å². The van der Waals surface area contributed by atoms with Gasteiger partial charge in [-0.3, -0.25) is 9.69 Å². The highest BCUT2D eigenvalue weighted by molar-refractivity contribution is 5.99. The number of amides is 1. The van der Waals surface area contributed by atoms with Crippen LogP contribution in [0.5, 0.6) is 5.75 Å². The Labute approximate surface area is 148 Å². The molecule has 136 valence electrons. The number of nitrogens with zero attached hydrogens (tertiary/aromatic N) is 2. The minimum atomic E-state index is -0.0738. The molecule has 0 spiro atoms. The van der Waals surface area contributed by atoms with Crippen molar-refractivity contribution >= 4 is 16.8 Å². The summed E-state index contributed by atoms with van der Waals surface area (Å²) < 4.78 is 12.8. The predicted molar refractivity (Wildman–Crippen MR) is 98.2 cm³/mol. The fraction of sp³-hybridized carbons (Fsp3) is 0.526. The number of likely N-dealkylation sites (tertiary alicyclic amines) is 1. The lowest BCUT2D eigenvalue weighted by Crippen LogP contribution is -2.44. The van der Waals surface area contributed by atoms with Crippen LogP contribution in [0.15, 0.2) is 24.3 Å². The largest absolute Gasteiger partial charge is 0.497 e. The van der Waals surface area contributed by atoms with Gasteiger partial charge in [0.05, 0.1) is 24.8 Å². The molecule has 1 aliphatic rings. The van der Waals surface area contributed by atoms with Gasteiger partial charge in [0, 0.05) is 44.7 Å². The van der Waals surface area contributed by atoms with Crippen molar-refractivity contribution in [2.45, 2.75) is 32.0 Å². The van der Waals surface area contributed by atoms with E-state index in [1.54, 1.807) is 14.2 Å². The van der Waals surface area contributed by atoms with Crippen molar-refractivity contribution in [3.05, 3.63) is 30.0 Å². The topological polar surface area (TPSA) is 55.7 Å². The van der Waals surface area contributed by atoms with E-state index in [0.29, 0.717) is 11.7 Å². The van der Waals surface area contributed by atoms with Crippen LogP contribution in [0.3, 0.4) is 0 Å². The van der Waals surface area contributed by atoms with E-state index in [2.05, 4.69) is 24.1 Å². The monoisotopic (exact) mass is 345 g/mol. The number of hydrogen-bond donors (Lipinski definition) is 1. The van der Waals surface area contributed by atoms with Gasteiger partial charge < -0.3 is 19.4 Å². The normalized spacial score (nSPS) is 21.2. The average Bonchev–Trinajstić information content (AvgIpc) is 3.16. The van der Waals surface area contributed by atoms with E-state index in [-0.39, 0.29) is 18.1 Å². The summed E-state index contributed by atoms with van der Waals surface area (Å²) in [5.41, 5.74) is 1.61. The summed E-state index contributed by atoms with van der Waals surface area (Å²) in [6.45, 7) is 5.97. The van der Waals surface area contributed by atoms with Crippen LogP contribution in [-0.4, -0.2) is 60.9 Å². The van der Waals surface area contributed by atoms with Gasteiger partial charge in [-0.05, 0) is 32.0 Å². The lowest BCUT2D eigenvalue weighted by molar-refractivity contribution is 0.0748. The first-order valence-electron chi connectivity index (χ1n) is 8.65. The number of fused-ring (bicyclic) bond motifs is 1. The van der Waals surface area contributed by atoms with E-state index in [1.807, 2.05) is 35.9 Å². The van der Waals surface area contributed by atoms with E-state index < -0.39 is 0 Å². The number of methoxy groups -OCH3 is 2. The Morgan fingerprint density at radius 3 is 2.64 bits per heavy atom. The van der Waals surface area contributed by atoms with E-state index in [4.69, 9.17) is 9.47 Å². The molecule has 1 fully saturated rings. The van der Waals surface area contributed by atoms with Crippen LogP contribution in [0.2, 0.25) is 0 Å². The van der Waals surface area contributed by atoms with E-state index >= 15 is 0 Å². The molecule has 1 amide bonds. The lowest BCUT2D eigenvalue weighted by Gasteiger charge is -2.20. The minimum absolute atomic E-state index is 0.00699. The van der Waals surface area contributed by atoms with Crippen molar-refractivity contribution in [2.24, 2.45) is 7.05 Å². The molecule has 2 atom stereocenters. The van der Waals surface area contributed by atoms with E-state index in [9.17, 15) is 4.79 Å². The summed E-state index contributed by atoms with van der Waals surface area (Å²) in [4.78, 5) is 15.2. The van der Waals surface area contributed by atoms with Gasteiger partial charge in [0.1, 0.15) is 11.4 Å². The number of aryl methyl sites for hydroxylation is 1. The van der Waals surface area contributed by atoms with Crippen molar-refractivity contribution in [1.82, 2.24) is 14.8 Å². The molecule has 1 aromatic carbocycles. The summed E-state index contributed by atoms with van der Waals surface area (Å²) in [6, 6.07) is 8.17. The Kier molecular flexibility index (Phi) is 5.01. The number of benzene rings is 1. The molecule has 1 aromatic heterocycles. The first-order chi connectivity index (χ1) is 11.9. The second-order valence-corrected chi connectivity index (χ2v) is 6.92. The van der Waals surface area contributed by atoms with Crippen LogP contribution in [0.4, 0.5) is 0 Å². The van der Waals surface area contributed by atoms with Crippen molar-refractivity contribution in [3.8, 4) is 5.75 Å². The quantitative estimate of drug-likeness (QED) is 0.901. The molecule has 0 radical (unpaired) electrons. The second-order valence-electron chi connectivity index (χ2n) is 6.92. The third-order valence-corrected chi connectivity index (χ3v) is 5.13. The summed E-state index contributed by atoms with van der Waals surface area (Å²) in [5, 5.41) is 4.17. The second kappa shape index (κ2) is 7.06. The Morgan fingerprint density at radius 1 is 1.24 bits per heavy atom. The standard InChI is InChI=1S/C19H27N3O3/c1-12(2)22-10-15(18(11-22)25-5)20-19(23)17-8-13-6-7-14(24-4)9-16(13)21(17)3/h6-9,12,15,18H,10-11H2,1-5H3,(H,20,23)/t15-,18-/m1/s1. The van der Waals surface area contributed by atoms with Crippen molar-refractivity contribution in [2.75, 3.05) is 27.3 Å². The highest BCUT2D eigenvalue weighted by Gasteiger charge is 2.35. The Balaban J connectivity index is 1.81. The van der Waals surface area contributed by atoms with Gasteiger partial charge in [-0.1, -0.05) is 0 Å². The fourth-order valence-corrected chi connectivity index (χ4v) is 3.50. The molecule has 0 aliphatic carbocycles. The van der Waals surface area contributed by atoms with Gasteiger partial charge in [0.15, 0.2) is 0 Å². The molecule has 6 heteroatoms. The zero-order valence-electron chi connectivity index (χ0n) is 15.6. The minimum Gasteiger partial charge on any atom is -0.497 e. The van der Waals surface area contributed by atoms with Crippen LogP contribution in [-0.2, 0) is 11.8 Å². The third-order valence-electron chi connectivity index (χ3n) is 5.13. The molecule has 2 aromatic rings. The predicted octanol–water partition coefficient (Wildman–Crippen LogP) is 2.02. The van der Waals surface area contributed by atoms with Crippen LogP contribution < -0.4 is 10.1 Å². The fourth-order valence-electron chi connectivity index (χ4n) is 3.50. The van der Waals surface area contributed by atoms with Crippen LogP contribution in [0.25, 0.3) is 10.9 Å². The molecule has 0 bridgehead atoms. The molecule has 2 heterocycles. The number of carbonyl (C=O) groups excluding carboxylic acids is 1. The molecule has 1 saturated heterocycles. The Bertz CT molecular complexity index is 769. The first-order valence-corrected chi connectivity index (χ1v) is 8.65. The summed E-state index contributed by atoms with van der Waals surface area (Å²) in [6.07, 6.45) is 0.0149. The Hall–Kier alpha value is -2.05. The molecular formula is C19H27N3O3. The average molecular weight is 345 g/mol. The van der Waals surface area contributed by atoms with Crippen LogP contribution in [0.1, 0.15) is 24.3 Å². The number of nitrogens with one attached hydrogen (secondary N) is 1. The lowest BCUT2D eigenvalue weighted by atomic mass is 10.2. The smallest absolute Gasteiger partial charge is 0.268 e. The van der Waals surface area contributed by atoms with Gasteiger partial charge in [0.2, 0.25) is 0 Å². The highest BCUT2D eigenvalue weighted by Crippen LogP contribution is 2.24. The number of aromatic nitrogens is 1. The molecule has 0 unspecified atom stereocenters. The molecule has 1 aliphatic heterocycles. The summed E-state index contributed by atoms with van der Waals surface area (Å²) in [7, 11) is 5.25. The van der Waals surface area contributed by atoms with Gasteiger partial charge in [-0.15, -0.1) is 0 Å². The zero-order chi connectivity index (χ0) is 18.1. The molecule has 1 N–H and O–H groups in total. The third kappa shape index (κ3) is 3.37. The van der Waals surface area contributed by atoms with Gasteiger partial charge in [-0.25, -0.2) is 0 Å². The molecule has 6 nitrogen and oxygen atoms in total. The maximum absolute atomic E-state index is 12.8. The molecular weight excluding hydrogens is 318 g/mol. The first kappa shape index (κ1) is 17.8. The number of hydrogen-bond acceptors (Lipinski definition) is 4. The SMILES string of the molecule is COc1ccc2cc(C(=O)N[C@@H]3CN(C(C)C)C[C@H]3OC)n(C)c2c1. The molecule has 0 saturated carbocycles. The van der Waals surface area contributed by atoms with Crippen molar-refractivity contribution in [3.63, 3.8) is 0 Å². The van der Waals surface area contributed by atoms with Gasteiger partial charge in [-0.2, -0.15) is 0 Å². The maximum Gasteiger partial charge on any atom is 0.268 e. The van der Waals surface area contributed by atoms with Crippen molar-refractivity contribution in [1.29, 1.82) is 0 Å². The highest BCUT2D eigenvalue weighted by atomic mass is 16.5. The Morgan fingerprint density at radius 2 is 2.00 bits per heavy atom. The maximum atomic E-state index is 12.8. The van der Waals surface area contributed by atoms with Gasteiger partial charge >= 0.3 is 0 Å². The summed E-state index contributed by atoms with van der Waals surface area (Å²) in [5.74, 6) is 0.707. The molecule has 25 heavy (non-hydrogen) atoms.